The van der Waals surface area contributed by atoms with Crippen molar-refractivity contribution in [2.24, 2.45) is 0 Å². The molecular weight excluding hydrogens is 367 g/mol. The summed E-state index contributed by atoms with van der Waals surface area (Å²) >= 11 is 5.95. The van der Waals surface area contributed by atoms with Gasteiger partial charge in [0.15, 0.2) is 0 Å². The topological polar surface area (TPSA) is 72.2 Å². The zero-order valence-electron chi connectivity index (χ0n) is 13.2. The van der Waals surface area contributed by atoms with Gasteiger partial charge in [-0.05, 0) is 49.4 Å². The fraction of sp³-hybridized carbons (Fsp3) is 0.118. The molecule has 0 spiro atoms. The zero-order chi connectivity index (χ0) is 18.0. The monoisotopic (exact) mass is 380 g/mol. The Morgan fingerprint density at radius 2 is 1.92 bits per heavy atom. The number of oxazole rings is 1. The zero-order valence-corrected chi connectivity index (χ0v) is 14.7. The highest BCUT2D eigenvalue weighted by Gasteiger charge is 2.17. The molecule has 2 aromatic carbocycles. The van der Waals surface area contributed by atoms with Crippen LogP contribution in [0, 0.1) is 12.7 Å². The lowest BCUT2D eigenvalue weighted by molar-refractivity contribution is 0.538. The predicted octanol–water partition coefficient (Wildman–Crippen LogP) is 3.92. The van der Waals surface area contributed by atoms with Crippen molar-refractivity contribution in [3.05, 3.63) is 70.8 Å². The molecule has 130 valence electrons. The van der Waals surface area contributed by atoms with Crippen LogP contribution >= 0.6 is 11.6 Å². The van der Waals surface area contributed by atoms with E-state index in [9.17, 15) is 12.8 Å². The molecule has 0 unspecified atom stereocenters. The summed E-state index contributed by atoms with van der Waals surface area (Å²) in [5.41, 5.74) is 1.16. The van der Waals surface area contributed by atoms with Crippen LogP contribution in [0.5, 0.6) is 0 Å². The number of sulfonamides is 1. The number of hydrogen-bond donors (Lipinski definition) is 1. The van der Waals surface area contributed by atoms with E-state index in [1.165, 1.54) is 12.1 Å². The van der Waals surface area contributed by atoms with Gasteiger partial charge < -0.3 is 4.42 Å². The first kappa shape index (κ1) is 17.6. The summed E-state index contributed by atoms with van der Waals surface area (Å²) in [5, 5.41) is 0.548. The molecule has 0 saturated heterocycles. The molecule has 3 aromatic rings. The molecule has 0 aliphatic carbocycles. The van der Waals surface area contributed by atoms with Crippen molar-refractivity contribution in [3.63, 3.8) is 0 Å². The van der Waals surface area contributed by atoms with E-state index in [-0.39, 0.29) is 11.4 Å². The maximum absolute atomic E-state index is 12.9. The van der Waals surface area contributed by atoms with Crippen LogP contribution in [-0.2, 0) is 16.6 Å². The molecule has 25 heavy (non-hydrogen) atoms. The summed E-state index contributed by atoms with van der Waals surface area (Å²) in [4.78, 5) is 4.30. The molecule has 0 fully saturated rings. The van der Waals surface area contributed by atoms with Gasteiger partial charge in [-0.15, -0.1) is 0 Å². The van der Waals surface area contributed by atoms with Gasteiger partial charge in [0.2, 0.25) is 15.9 Å². The maximum atomic E-state index is 12.9. The summed E-state index contributed by atoms with van der Waals surface area (Å²) in [6.45, 7) is 1.65. The Kier molecular flexibility index (Phi) is 4.89. The summed E-state index contributed by atoms with van der Waals surface area (Å²) in [7, 11) is -3.77. The minimum atomic E-state index is -3.77. The molecule has 1 heterocycles. The first-order valence-corrected chi connectivity index (χ1v) is 9.19. The van der Waals surface area contributed by atoms with Gasteiger partial charge >= 0.3 is 0 Å². The third-order valence-corrected chi connectivity index (χ3v) is 5.17. The number of aromatic nitrogens is 1. The van der Waals surface area contributed by atoms with Crippen molar-refractivity contribution in [3.8, 4) is 11.5 Å². The molecule has 0 amide bonds. The van der Waals surface area contributed by atoms with Crippen molar-refractivity contribution < 1.29 is 17.2 Å². The fourth-order valence-corrected chi connectivity index (χ4v) is 3.38. The van der Waals surface area contributed by atoms with Crippen molar-refractivity contribution >= 4 is 21.6 Å². The highest BCUT2D eigenvalue weighted by Crippen LogP contribution is 2.24. The number of nitrogens with zero attached hydrogens (tertiary/aromatic N) is 1. The van der Waals surface area contributed by atoms with Crippen LogP contribution in [0.2, 0.25) is 5.02 Å². The molecular formula is C17H14ClFN2O3S. The summed E-state index contributed by atoms with van der Waals surface area (Å²) < 4.78 is 45.4. The van der Waals surface area contributed by atoms with E-state index in [0.29, 0.717) is 27.9 Å². The molecule has 0 bridgehead atoms. The average molecular weight is 381 g/mol. The quantitative estimate of drug-likeness (QED) is 0.728. The molecule has 8 heteroatoms. The Labute approximate surface area is 149 Å². The highest BCUT2D eigenvalue weighted by molar-refractivity contribution is 7.89. The number of benzene rings is 2. The molecule has 1 N–H and O–H groups in total. The molecule has 0 aliphatic heterocycles. The van der Waals surface area contributed by atoms with Crippen LogP contribution in [0.3, 0.4) is 0 Å². The standard InChI is InChI=1S/C17H14ClFN2O3S/c1-11-16(21-17(24-11)12-3-2-4-13(18)9-12)10-20-25(22,23)15-7-5-14(19)6-8-15/h2-9,20H,10H2,1H3. The Bertz CT molecular complexity index is 1000. The lowest BCUT2D eigenvalue weighted by atomic mass is 10.2. The van der Waals surface area contributed by atoms with Crippen molar-refractivity contribution in [1.29, 1.82) is 0 Å². The third-order valence-electron chi connectivity index (χ3n) is 3.52. The van der Waals surface area contributed by atoms with E-state index in [0.717, 1.165) is 12.1 Å². The molecule has 0 saturated carbocycles. The molecule has 0 atom stereocenters. The van der Waals surface area contributed by atoms with E-state index in [2.05, 4.69) is 9.71 Å². The van der Waals surface area contributed by atoms with E-state index in [4.69, 9.17) is 16.0 Å². The van der Waals surface area contributed by atoms with E-state index >= 15 is 0 Å². The van der Waals surface area contributed by atoms with Crippen molar-refractivity contribution in [2.75, 3.05) is 0 Å². The number of aryl methyl sites for hydroxylation is 1. The number of rotatable bonds is 5. The Hall–Kier alpha value is -2.22. The molecule has 1 aromatic heterocycles. The molecule has 3 rings (SSSR count). The van der Waals surface area contributed by atoms with E-state index in [1.807, 2.05) is 0 Å². The van der Waals surface area contributed by atoms with Gasteiger partial charge in [-0.3, -0.25) is 0 Å². The first-order valence-electron chi connectivity index (χ1n) is 7.32. The fourth-order valence-electron chi connectivity index (χ4n) is 2.20. The largest absolute Gasteiger partial charge is 0.441 e. The SMILES string of the molecule is Cc1oc(-c2cccc(Cl)c2)nc1CNS(=O)(=O)c1ccc(F)cc1. The van der Waals surface area contributed by atoms with Crippen LogP contribution in [0.15, 0.2) is 57.8 Å². The van der Waals surface area contributed by atoms with Crippen LogP contribution in [-0.4, -0.2) is 13.4 Å². The lowest BCUT2D eigenvalue weighted by Gasteiger charge is -2.05. The van der Waals surface area contributed by atoms with Gasteiger partial charge in [-0.2, -0.15) is 0 Å². The maximum Gasteiger partial charge on any atom is 0.240 e. The summed E-state index contributed by atoms with van der Waals surface area (Å²) in [5.74, 6) is 0.352. The van der Waals surface area contributed by atoms with Gasteiger partial charge in [-0.25, -0.2) is 22.5 Å². The van der Waals surface area contributed by atoms with Crippen LogP contribution in [0.4, 0.5) is 4.39 Å². The van der Waals surface area contributed by atoms with E-state index in [1.54, 1.807) is 31.2 Å². The number of nitrogens with one attached hydrogen (secondary N) is 1. The predicted molar refractivity (Wildman–Crippen MR) is 92.1 cm³/mol. The van der Waals surface area contributed by atoms with Crippen LogP contribution < -0.4 is 4.72 Å². The second-order valence-corrected chi connectivity index (χ2v) is 7.51. The Morgan fingerprint density at radius 3 is 2.60 bits per heavy atom. The average Bonchev–Trinajstić information content (AvgIpc) is 2.95. The van der Waals surface area contributed by atoms with Gasteiger partial charge in [0.1, 0.15) is 11.6 Å². The second kappa shape index (κ2) is 6.95. The van der Waals surface area contributed by atoms with Crippen LogP contribution in [0.1, 0.15) is 11.5 Å². The van der Waals surface area contributed by atoms with E-state index < -0.39 is 15.8 Å². The second-order valence-electron chi connectivity index (χ2n) is 5.31. The van der Waals surface area contributed by atoms with Gasteiger partial charge in [0.05, 0.1) is 17.1 Å². The van der Waals surface area contributed by atoms with Crippen molar-refractivity contribution in [1.82, 2.24) is 9.71 Å². The Morgan fingerprint density at radius 1 is 1.20 bits per heavy atom. The number of hydrogen-bond acceptors (Lipinski definition) is 4. The Balaban J connectivity index is 1.79. The smallest absolute Gasteiger partial charge is 0.240 e. The minimum absolute atomic E-state index is 0.0230. The van der Waals surface area contributed by atoms with Gasteiger partial charge in [0, 0.05) is 10.6 Å². The third kappa shape index (κ3) is 4.07. The van der Waals surface area contributed by atoms with Gasteiger partial charge in [-0.1, -0.05) is 17.7 Å². The molecule has 5 nitrogen and oxygen atoms in total. The van der Waals surface area contributed by atoms with Crippen LogP contribution in [0.25, 0.3) is 11.5 Å². The van der Waals surface area contributed by atoms with Gasteiger partial charge in [0.25, 0.3) is 0 Å². The highest BCUT2D eigenvalue weighted by atomic mass is 35.5. The number of halogens is 2. The normalized spacial score (nSPS) is 11.6. The minimum Gasteiger partial charge on any atom is -0.441 e. The summed E-state index contributed by atoms with van der Waals surface area (Å²) in [6.07, 6.45) is 0. The molecule has 0 radical (unpaired) electrons. The molecule has 0 aliphatic rings. The summed E-state index contributed by atoms with van der Waals surface area (Å²) in [6, 6.07) is 11.6. The first-order chi connectivity index (χ1) is 11.8. The van der Waals surface area contributed by atoms with Crippen molar-refractivity contribution in [2.45, 2.75) is 18.4 Å². The lowest BCUT2D eigenvalue weighted by Crippen LogP contribution is -2.23.